The van der Waals surface area contributed by atoms with Crippen molar-refractivity contribution in [2.45, 2.75) is 32.7 Å². The van der Waals surface area contributed by atoms with Crippen molar-refractivity contribution >= 4 is 45.4 Å². The highest BCUT2D eigenvalue weighted by molar-refractivity contribution is 6.33. The second kappa shape index (κ2) is 10.0. The molecular formula is C29H35ClN6. The Labute approximate surface area is 218 Å². The predicted molar refractivity (Wildman–Crippen MR) is 154 cm³/mol. The molecule has 7 heteroatoms. The molecule has 3 heterocycles. The van der Waals surface area contributed by atoms with Crippen LogP contribution in [0, 0.1) is 0 Å². The number of likely N-dealkylation sites (N-methyl/N-ethyl adjacent to an activating group) is 2. The lowest BCUT2D eigenvalue weighted by atomic mass is 10.0. The fourth-order valence-corrected chi connectivity index (χ4v) is 5.35. The number of nitrogen functional groups attached to an aromatic ring is 1. The van der Waals surface area contributed by atoms with E-state index < -0.39 is 0 Å². The van der Waals surface area contributed by atoms with Crippen LogP contribution in [0.2, 0.25) is 5.02 Å². The summed E-state index contributed by atoms with van der Waals surface area (Å²) in [6, 6.07) is 14.6. The molecule has 1 aliphatic rings. The van der Waals surface area contributed by atoms with E-state index in [0.29, 0.717) is 5.02 Å². The van der Waals surface area contributed by atoms with Crippen LogP contribution in [0.4, 0.5) is 22.9 Å². The number of aryl methyl sites for hydroxylation is 3. The summed E-state index contributed by atoms with van der Waals surface area (Å²) in [5, 5.41) is 5.39. The van der Waals surface area contributed by atoms with Gasteiger partial charge in [-0.05, 0) is 68.8 Å². The average Bonchev–Trinajstić information content (AvgIpc) is 3.24. The van der Waals surface area contributed by atoms with Crippen molar-refractivity contribution in [2.75, 3.05) is 50.2 Å². The number of pyridine rings is 1. The first-order valence-electron chi connectivity index (χ1n) is 12.7. The number of hydrogen-bond donors (Lipinski definition) is 2. The van der Waals surface area contributed by atoms with Crippen LogP contribution in [0.15, 0.2) is 48.7 Å². The lowest BCUT2D eigenvalue weighted by Crippen LogP contribution is -2.29. The van der Waals surface area contributed by atoms with Gasteiger partial charge in [0.25, 0.3) is 0 Å². The number of aromatic nitrogens is 2. The number of hydrogen-bond acceptors (Lipinski definition) is 5. The van der Waals surface area contributed by atoms with E-state index in [4.69, 9.17) is 22.3 Å². The molecule has 2 aromatic heterocycles. The summed E-state index contributed by atoms with van der Waals surface area (Å²) in [4.78, 5) is 9.38. The Morgan fingerprint density at radius 2 is 1.94 bits per heavy atom. The summed E-state index contributed by atoms with van der Waals surface area (Å²) >= 11 is 6.70. The second-order valence-corrected chi connectivity index (χ2v) is 10.4. The van der Waals surface area contributed by atoms with E-state index in [-0.39, 0.29) is 0 Å². The summed E-state index contributed by atoms with van der Waals surface area (Å²) in [6.07, 6.45) is 5.36. The molecule has 0 amide bonds. The number of nitrogens with two attached hydrogens (primary N) is 1. The molecule has 6 nitrogen and oxygen atoms in total. The first-order chi connectivity index (χ1) is 17.4. The summed E-state index contributed by atoms with van der Waals surface area (Å²) < 4.78 is 2.35. The van der Waals surface area contributed by atoms with E-state index in [1.165, 1.54) is 22.0 Å². The van der Waals surface area contributed by atoms with Gasteiger partial charge in [-0.25, -0.2) is 4.98 Å². The number of nitrogens with one attached hydrogen (secondary N) is 1. The van der Waals surface area contributed by atoms with Crippen molar-refractivity contribution in [3.63, 3.8) is 0 Å². The fraction of sp³-hybridized carbons (Fsp3) is 0.345. The van der Waals surface area contributed by atoms with Crippen molar-refractivity contribution in [3.05, 3.63) is 64.8 Å². The Balaban J connectivity index is 1.49. The molecule has 3 N–H and O–H groups in total. The molecule has 0 radical (unpaired) electrons. The monoisotopic (exact) mass is 502 g/mol. The third-order valence-corrected chi connectivity index (χ3v) is 7.42. The minimum atomic E-state index is 0.650. The van der Waals surface area contributed by atoms with Crippen molar-refractivity contribution in [1.29, 1.82) is 0 Å². The minimum absolute atomic E-state index is 0.650. The van der Waals surface area contributed by atoms with Gasteiger partial charge in [0.15, 0.2) is 0 Å². The smallest absolute Gasteiger partial charge is 0.131 e. The number of nitrogens with zero attached hydrogens (tertiary/aromatic N) is 4. The minimum Gasteiger partial charge on any atom is -0.397 e. The second-order valence-electron chi connectivity index (χ2n) is 9.95. The molecule has 1 aliphatic heterocycles. The normalized spacial score (nSPS) is 12.9. The highest BCUT2D eigenvalue weighted by atomic mass is 35.5. The van der Waals surface area contributed by atoms with Crippen LogP contribution in [0.25, 0.3) is 22.2 Å². The molecule has 0 aliphatic carbocycles. The standard InChI is InChI=1S/C29H35ClN6/c1-5-19-16-26(35(4)15-14-34(2)3)24(31)17-25(19)32-27-12-11-23(30)28(33-27)22-18-36-13-7-9-20-8-6-10-21(22)29(20)36/h6,8,10-12,16-18H,5,7,9,13-15,31H2,1-4H3,(H,32,33). The Hall–Kier alpha value is -3.22. The van der Waals surface area contributed by atoms with E-state index in [1.54, 1.807) is 0 Å². The number of rotatable bonds is 8. The molecule has 0 unspecified atom stereocenters. The van der Waals surface area contributed by atoms with E-state index in [2.05, 4.69) is 78.2 Å². The topological polar surface area (TPSA) is 62.4 Å². The van der Waals surface area contributed by atoms with Gasteiger partial charge < -0.3 is 25.4 Å². The highest BCUT2D eigenvalue weighted by Gasteiger charge is 2.20. The van der Waals surface area contributed by atoms with Gasteiger partial charge in [-0.2, -0.15) is 0 Å². The molecule has 188 valence electrons. The molecule has 0 bridgehead atoms. The van der Waals surface area contributed by atoms with Crippen molar-refractivity contribution in [3.8, 4) is 11.3 Å². The van der Waals surface area contributed by atoms with E-state index >= 15 is 0 Å². The summed E-state index contributed by atoms with van der Waals surface area (Å²) in [5.74, 6) is 0.754. The van der Waals surface area contributed by atoms with Gasteiger partial charge in [-0.3, -0.25) is 0 Å². The first-order valence-corrected chi connectivity index (χ1v) is 13.1. The number of benzene rings is 2. The zero-order chi connectivity index (χ0) is 25.4. The molecule has 0 saturated heterocycles. The summed E-state index contributed by atoms with van der Waals surface area (Å²) in [6.45, 7) is 5.06. The van der Waals surface area contributed by atoms with Crippen molar-refractivity contribution in [1.82, 2.24) is 14.5 Å². The lowest BCUT2D eigenvalue weighted by molar-refractivity contribution is 0.416. The number of anilines is 4. The Kier molecular flexibility index (Phi) is 6.82. The molecule has 0 atom stereocenters. The number of para-hydroxylation sites is 1. The highest BCUT2D eigenvalue weighted by Crippen LogP contribution is 2.38. The van der Waals surface area contributed by atoms with Gasteiger partial charge in [0.2, 0.25) is 0 Å². The maximum atomic E-state index is 6.70. The van der Waals surface area contributed by atoms with E-state index in [1.807, 2.05) is 18.2 Å². The van der Waals surface area contributed by atoms with Crippen LogP contribution in [-0.2, 0) is 19.4 Å². The molecule has 36 heavy (non-hydrogen) atoms. The molecular weight excluding hydrogens is 468 g/mol. The van der Waals surface area contributed by atoms with Crippen LogP contribution in [0.5, 0.6) is 0 Å². The summed E-state index contributed by atoms with van der Waals surface area (Å²) in [5.41, 5.74) is 15.1. The summed E-state index contributed by atoms with van der Waals surface area (Å²) in [7, 11) is 6.26. The lowest BCUT2D eigenvalue weighted by Gasteiger charge is -2.25. The van der Waals surface area contributed by atoms with E-state index in [9.17, 15) is 0 Å². The molecule has 0 spiro atoms. The molecule has 0 saturated carbocycles. The average molecular weight is 503 g/mol. The Morgan fingerprint density at radius 1 is 1.11 bits per heavy atom. The van der Waals surface area contributed by atoms with Crippen LogP contribution in [0.3, 0.4) is 0 Å². The first kappa shape index (κ1) is 24.5. The quantitative estimate of drug-likeness (QED) is 0.281. The van der Waals surface area contributed by atoms with Gasteiger partial charge in [0.05, 0.1) is 27.6 Å². The van der Waals surface area contributed by atoms with Crippen LogP contribution in [0.1, 0.15) is 24.5 Å². The maximum absolute atomic E-state index is 6.70. The van der Waals surface area contributed by atoms with Crippen LogP contribution < -0.4 is 16.0 Å². The van der Waals surface area contributed by atoms with Gasteiger partial charge in [-0.1, -0.05) is 36.7 Å². The van der Waals surface area contributed by atoms with Crippen LogP contribution in [-0.4, -0.2) is 48.7 Å². The zero-order valence-corrected chi connectivity index (χ0v) is 22.4. The molecule has 5 rings (SSSR count). The molecule has 2 aromatic carbocycles. The largest absolute Gasteiger partial charge is 0.397 e. The molecule has 0 fully saturated rings. The third-order valence-electron chi connectivity index (χ3n) is 7.12. The van der Waals surface area contributed by atoms with Crippen molar-refractivity contribution < 1.29 is 0 Å². The van der Waals surface area contributed by atoms with Gasteiger partial charge >= 0.3 is 0 Å². The Bertz CT molecular complexity index is 1410. The van der Waals surface area contributed by atoms with Gasteiger partial charge in [0, 0.05) is 49.5 Å². The molecule has 4 aromatic rings. The van der Waals surface area contributed by atoms with Crippen LogP contribution >= 0.6 is 11.6 Å². The zero-order valence-electron chi connectivity index (χ0n) is 21.6. The third kappa shape index (κ3) is 4.63. The predicted octanol–water partition coefficient (Wildman–Crippen LogP) is 6.19. The Morgan fingerprint density at radius 3 is 2.72 bits per heavy atom. The number of halogens is 1. The fourth-order valence-electron chi connectivity index (χ4n) is 5.14. The SMILES string of the molecule is CCc1cc(N(C)CCN(C)C)c(N)cc1Nc1ccc(Cl)c(-c2cn3c4c(cccc24)CCC3)n1. The van der Waals surface area contributed by atoms with Crippen molar-refractivity contribution in [2.24, 2.45) is 0 Å². The van der Waals surface area contributed by atoms with Gasteiger partial charge in [-0.15, -0.1) is 0 Å². The van der Waals surface area contributed by atoms with Gasteiger partial charge in [0.1, 0.15) is 5.82 Å². The van der Waals surface area contributed by atoms with E-state index in [0.717, 1.165) is 73.0 Å². The maximum Gasteiger partial charge on any atom is 0.131 e.